The third kappa shape index (κ3) is 4.60. The van der Waals surface area contributed by atoms with Crippen molar-refractivity contribution in [3.05, 3.63) is 59.7 Å². The molecule has 0 saturated carbocycles. The van der Waals surface area contributed by atoms with Gasteiger partial charge in [-0.2, -0.15) is 5.26 Å². The Kier molecular flexibility index (Phi) is 6.58. The molecule has 3 rings (SSSR count). The highest BCUT2D eigenvalue weighted by Gasteiger charge is 2.19. The Morgan fingerprint density at radius 1 is 1.08 bits per heavy atom. The first-order valence-electron chi connectivity index (χ1n) is 8.33. The number of nitriles is 1. The predicted molar refractivity (Wildman–Crippen MR) is 102 cm³/mol. The smallest absolute Gasteiger partial charge is 0.253 e. The SMILES string of the molecule is Cl.N#Cc1cccc(-c2ccc(C(=O)N3CCCC(N)CC3)cc2)c1. The van der Waals surface area contributed by atoms with Gasteiger partial charge < -0.3 is 10.6 Å². The molecule has 0 aromatic heterocycles. The summed E-state index contributed by atoms with van der Waals surface area (Å²) in [5.41, 5.74) is 9.30. The van der Waals surface area contributed by atoms with Crippen molar-refractivity contribution in [1.82, 2.24) is 4.90 Å². The standard InChI is InChI=1S/C20H21N3O.ClH/c21-14-15-3-1-4-18(13-15)16-6-8-17(9-7-16)20(24)23-11-2-5-19(22)10-12-23;/h1,3-4,6-9,13,19H,2,5,10-12,22H2;1H. The van der Waals surface area contributed by atoms with E-state index in [2.05, 4.69) is 6.07 Å². The molecule has 0 spiro atoms. The molecule has 2 N–H and O–H groups in total. The molecule has 1 atom stereocenters. The van der Waals surface area contributed by atoms with Gasteiger partial charge in [-0.15, -0.1) is 12.4 Å². The fraction of sp³-hybridized carbons (Fsp3) is 0.300. The van der Waals surface area contributed by atoms with E-state index in [-0.39, 0.29) is 24.4 Å². The van der Waals surface area contributed by atoms with Crippen molar-refractivity contribution < 1.29 is 4.79 Å². The Balaban J connectivity index is 0.00000225. The zero-order valence-electron chi connectivity index (χ0n) is 14.0. The lowest BCUT2D eigenvalue weighted by Gasteiger charge is -2.20. The number of nitrogens with two attached hydrogens (primary N) is 1. The minimum absolute atomic E-state index is 0. The molecule has 0 aliphatic carbocycles. The second kappa shape index (κ2) is 8.66. The summed E-state index contributed by atoms with van der Waals surface area (Å²) in [6.45, 7) is 1.50. The summed E-state index contributed by atoms with van der Waals surface area (Å²) in [5, 5.41) is 9.00. The van der Waals surface area contributed by atoms with Gasteiger partial charge in [-0.1, -0.05) is 24.3 Å². The van der Waals surface area contributed by atoms with Gasteiger partial charge in [0.05, 0.1) is 11.6 Å². The van der Waals surface area contributed by atoms with Crippen LogP contribution in [-0.4, -0.2) is 29.9 Å². The lowest BCUT2D eigenvalue weighted by molar-refractivity contribution is 0.0761. The van der Waals surface area contributed by atoms with E-state index in [9.17, 15) is 4.79 Å². The van der Waals surface area contributed by atoms with Crippen LogP contribution in [0.25, 0.3) is 11.1 Å². The maximum atomic E-state index is 12.6. The summed E-state index contributed by atoms with van der Waals surface area (Å²) in [6, 6.07) is 17.4. The quantitative estimate of drug-likeness (QED) is 0.894. The summed E-state index contributed by atoms with van der Waals surface area (Å²) in [5.74, 6) is 0.0708. The zero-order chi connectivity index (χ0) is 16.9. The molecule has 2 aromatic carbocycles. The van der Waals surface area contributed by atoms with E-state index in [1.807, 2.05) is 47.4 Å². The number of benzene rings is 2. The largest absolute Gasteiger partial charge is 0.339 e. The number of halogens is 1. The van der Waals surface area contributed by atoms with E-state index >= 15 is 0 Å². The van der Waals surface area contributed by atoms with Crippen molar-refractivity contribution in [3.63, 3.8) is 0 Å². The number of hydrogen-bond acceptors (Lipinski definition) is 3. The second-order valence-corrected chi connectivity index (χ2v) is 6.25. The van der Waals surface area contributed by atoms with Gasteiger partial charge in [0.1, 0.15) is 0 Å². The third-order valence-electron chi connectivity index (χ3n) is 4.52. The summed E-state index contributed by atoms with van der Waals surface area (Å²) in [4.78, 5) is 14.6. The number of hydrogen-bond donors (Lipinski definition) is 1. The zero-order valence-corrected chi connectivity index (χ0v) is 14.8. The van der Waals surface area contributed by atoms with Crippen molar-refractivity contribution in [2.24, 2.45) is 5.73 Å². The minimum Gasteiger partial charge on any atom is -0.339 e. The molecular weight excluding hydrogens is 334 g/mol. The molecule has 0 radical (unpaired) electrons. The molecule has 130 valence electrons. The molecule has 1 unspecified atom stereocenters. The number of nitrogens with zero attached hydrogens (tertiary/aromatic N) is 2. The first kappa shape index (κ1) is 19.0. The van der Waals surface area contributed by atoms with Gasteiger partial charge in [-0.05, 0) is 54.7 Å². The van der Waals surface area contributed by atoms with Crippen LogP contribution < -0.4 is 5.73 Å². The average Bonchev–Trinajstić information content (AvgIpc) is 2.86. The fourth-order valence-electron chi connectivity index (χ4n) is 3.08. The maximum Gasteiger partial charge on any atom is 0.253 e. The fourth-order valence-corrected chi connectivity index (χ4v) is 3.08. The molecule has 25 heavy (non-hydrogen) atoms. The van der Waals surface area contributed by atoms with Crippen LogP contribution in [0.4, 0.5) is 0 Å². The van der Waals surface area contributed by atoms with E-state index in [0.717, 1.165) is 43.5 Å². The van der Waals surface area contributed by atoms with E-state index < -0.39 is 0 Å². The second-order valence-electron chi connectivity index (χ2n) is 6.25. The van der Waals surface area contributed by atoms with Crippen LogP contribution in [0.15, 0.2) is 48.5 Å². The maximum absolute atomic E-state index is 12.6. The number of rotatable bonds is 2. The lowest BCUT2D eigenvalue weighted by Crippen LogP contribution is -2.32. The molecule has 1 fully saturated rings. The van der Waals surface area contributed by atoms with Crippen molar-refractivity contribution in [1.29, 1.82) is 5.26 Å². The van der Waals surface area contributed by atoms with Crippen LogP contribution in [0, 0.1) is 11.3 Å². The van der Waals surface area contributed by atoms with Gasteiger partial charge in [-0.25, -0.2) is 0 Å². The van der Waals surface area contributed by atoms with E-state index in [1.165, 1.54) is 0 Å². The number of amides is 1. The van der Waals surface area contributed by atoms with Gasteiger partial charge in [0.2, 0.25) is 0 Å². The van der Waals surface area contributed by atoms with Gasteiger partial charge in [0.25, 0.3) is 5.91 Å². The van der Waals surface area contributed by atoms with Gasteiger partial charge >= 0.3 is 0 Å². The van der Waals surface area contributed by atoms with Crippen molar-refractivity contribution in [2.45, 2.75) is 25.3 Å². The average molecular weight is 356 g/mol. The molecule has 0 bridgehead atoms. The molecule has 1 heterocycles. The Hall–Kier alpha value is -2.35. The predicted octanol–water partition coefficient (Wildman–Crippen LogP) is 3.60. The summed E-state index contributed by atoms with van der Waals surface area (Å²) >= 11 is 0. The summed E-state index contributed by atoms with van der Waals surface area (Å²) < 4.78 is 0. The topological polar surface area (TPSA) is 70.1 Å². The lowest BCUT2D eigenvalue weighted by atomic mass is 10.0. The van der Waals surface area contributed by atoms with E-state index in [1.54, 1.807) is 6.07 Å². The Morgan fingerprint density at radius 2 is 1.84 bits per heavy atom. The van der Waals surface area contributed by atoms with E-state index in [0.29, 0.717) is 11.1 Å². The van der Waals surface area contributed by atoms with Gasteiger partial charge in [0.15, 0.2) is 0 Å². The Labute approximate surface area is 154 Å². The Bertz CT molecular complexity index is 767. The molecule has 1 aliphatic heterocycles. The monoisotopic (exact) mass is 355 g/mol. The van der Waals surface area contributed by atoms with Crippen LogP contribution in [0.1, 0.15) is 35.2 Å². The van der Waals surface area contributed by atoms with Crippen LogP contribution in [0.5, 0.6) is 0 Å². The molecule has 1 saturated heterocycles. The summed E-state index contributed by atoms with van der Waals surface area (Å²) in [7, 11) is 0. The Morgan fingerprint density at radius 3 is 2.56 bits per heavy atom. The van der Waals surface area contributed by atoms with Crippen LogP contribution in [-0.2, 0) is 0 Å². The third-order valence-corrected chi connectivity index (χ3v) is 4.52. The molecule has 5 heteroatoms. The molecule has 1 amide bonds. The van der Waals surface area contributed by atoms with Crippen molar-refractivity contribution >= 4 is 18.3 Å². The number of carbonyl (C=O) groups excluding carboxylic acids is 1. The highest BCUT2D eigenvalue weighted by Crippen LogP contribution is 2.22. The highest BCUT2D eigenvalue weighted by atomic mass is 35.5. The number of carbonyl (C=O) groups is 1. The highest BCUT2D eigenvalue weighted by molar-refractivity contribution is 5.94. The van der Waals surface area contributed by atoms with Crippen LogP contribution in [0.2, 0.25) is 0 Å². The van der Waals surface area contributed by atoms with Gasteiger partial charge in [0, 0.05) is 24.7 Å². The van der Waals surface area contributed by atoms with Crippen LogP contribution >= 0.6 is 12.4 Å². The van der Waals surface area contributed by atoms with Crippen LogP contribution in [0.3, 0.4) is 0 Å². The summed E-state index contributed by atoms with van der Waals surface area (Å²) in [6.07, 6.45) is 2.81. The molecule has 1 aliphatic rings. The number of likely N-dealkylation sites (tertiary alicyclic amines) is 1. The first-order valence-corrected chi connectivity index (χ1v) is 8.33. The molecule has 4 nitrogen and oxygen atoms in total. The minimum atomic E-state index is 0. The first-order chi connectivity index (χ1) is 11.7. The van der Waals surface area contributed by atoms with E-state index in [4.69, 9.17) is 11.0 Å². The molecular formula is C20H22ClN3O. The molecule has 2 aromatic rings. The van der Waals surface area contributed by atoms with Crippen molar-refractivity contribution in [3.8, 4) is 17.2 Å². The van der Waals surface area contributed by atoms with Crippen molar-refractivity contribution in [2.75, 3.05) is 13.1 Å². The normalized spacial score (nSPS) is 17.1. The van der Waals surface area contributed by atoms with Gasteiger partial charge in [-0.3, -0.25) is 4.79 Å².